The van der Waals surface area contributed by atoms with Crippen molar-refractivity contribution in [1.29, 1.82) is 0 Å². The van der Waals surface area contributed by atoms with E-state index in [-0.39, 0.29) is 17.1 Å². The number of nitrogens with two attached hydrogens (primary N) is 3. The topological polar surface area (TPSA) is 96.5 Å². The Bertz CT molecular complexity index is 907. The lowest BCUT2D eigenvalue weighted by Gasteiger charge is -2.36. The van der Waals surface area contributed by atoms with E-state index in [1.54, 1.807) is 0 Å². The molecule has 0 saturated carbocycles. The van der Waals surface area contributed by atoms with Gasteiger partial charge in [0.25, 0.3) is 0 Å². The lowest BCUT2D eigenvalue weighted by molar-refractivity contribution is -0.371. The van der Waals surface area contributed by atoms with Crippen LogP contribution < -0.4 is 26.7 Å². The molecule has 0 aliphatic heterocycles. The Morgan fingerprint density at radius 2 is 1.06 bits per heavy atom. The third kappa shape index (κ3) is 4.80. The van der Waals surface area contributed by atoms with Crippen LogP contribution in [0, 0.1) is 0 Å². The van der Waals surface area contributed by atoms with Gasteiger partial charge in [0.15, 0.2) is 13.2 Å². The predicted molar refractivity (Wildman–Crippen MR) is 96.9 cm³/mol. The fraction of sp³-hybridized carbons (Fsp3) is 0.333. The molecule has 0 atom stereocenters. The molecule has 2 aromatic carbocycles. The van der Waals surface area contributed by atoms with Crippen LogP contribution >= 0.6 is 0 Å². The van der Waals surface area contributed by atoms with Crippen molar-refractivity contribution in [1.82, 2.24) is 0 Å². The van der Waals surface area contributed by atoms with Crippen LogP contribution in [0.5, 0.6) is 11.5 Å². The van der Waals surface area contributed by atoms with E-state index in [9.17, 15) is 35.1 Å². The number of benzene rings is 2. The Morgan fingerprint density at radius 1 is 0.613 bits per heavy atom. The fourth-order valence-corrected chi connectivity index (χ4v) is 2.25. The van der Waals surface area contributed by atoms with Crippen LogP contribution in [0.1, 0.15) is 0 Å². The highest BCUT2D eigenvalue weighted by atomic mass is 19.4. The smallest absolute Gasteiger partial charge is 0.381 e. The molecule has 0 fully saturated rings. The molecule has 0 aliphatic carbocycles. The second-order valence-electron chi connectivity index (χ2n) is 6.50. The normalized spacial score (nSPS) is 13.2. The van der Waals surface area contributed by atoms with Crippen molar-refractivity contribution < 1.29 is 44.6 Å². The van der Waals surface area contributed by atoms with E-state index >= 15 is 0 Å². The van der Waals surface area contributed by atoms with Gasteiger partial charge in [0.1, 0.15) is 11.5 Å². The number of rotatable bonds is 9. The van der Waals surface area contributed by atoms with Crippen LogP contribution in [0.2, 0.25) is 0 Å². The molecule has 0 amide bonds. The van der Waals surface area contributed by atoms with Crippen LogP contribution in [0.15, 0.2) is 42.5 Å². The molecule has 13 heteroatoms. The molecular weight excluding hydrogens is 442 g/mol. The van der Waals surface area contributed by atoms with Crippen LogP contribution in [0.4, 0.5) is 52.2 Å². The van der Waals surface area contributed by atoms with Crippen molar-refractivity contribution in [3.8, 4) is 11.5 Å². The number of hydrogen-bond donors (Lipinski definition) is 3. The SMILES string of the molecule is Nc1ccc(OCC(F)(F)C(F)(F)C(F)(F)C(F)(F)COc2ccc(N)cc2N)cc1. The van der Waals surface area contributed by atoms with Gasteiger partial charge in [0.2, 0.25) is 0 Å². The van der Waals surface area contributed by atoms with Crippen molar-refractivity contribution in [3.05, 3.63) is 42.5 Å². The first-order chi connectivity index (χ1) is 14.1. The highest BCUT2D eigenvalue weighted by molar-refractivity contribution is 5.60. The van der Waals surface area contributed by atoms with Gasteiger partial charge in [-0.3, -0.25) is 0 Å². The Balaban J connectivity index is 2.17. The maximum Gasteiger partial charge on any atom is 0.381 e. The first kappa shape index (κ1) is 24.2. The zero-order chi connectivity index (χ0) is 23.7. The zero-order valence-corrected chi connectivity index (χ0v) is 15.5. The fourth-order valence-electron chi connectivity index (χ4n) is 2.25. The molecule has 0 unspecified atom stereocenters. The lowest BCUT2D eigenvalue weighted by Crippen LogP contribution is -2.65. The largest absolute Gasteiger partial charge is 0.487 e. The molecule has 0 radical (unpaired) electrons. The van der Waals surface area contributed by atoms with Gasteiger partial charge in [-0.2, -0.15) is 35.1 Å². The Morgan fingerprint density at radius 3 is 1.55 bits per heavy atom. The van der Waals surface area contributed by atoms with E-state index in [0.717, 1.165) is 42.5 Å². The Hall–Kier alpha value is -3.12. The van der Waals surface area contributed by atoms with Gasteiger partial charge >= 0.3 is 23.7 Å². The molecule has 0 aliphatic rings. The van der Waals surface area contributed by atoms with E-state index < -0.39 is 48.4 Å². The summed E-state index contributed by atoms with van der Waals surface area (Å²) in [5.74, 6) is -25.4. The number of halogens is 8. The van der Waals surface area contributed by atoms with Crippen molar-refractivity contribution >= 4 is 17.1 Å². The number of nitrogen functional groups attached to an aromatic ring is 3. The summed E-state index contributed by atoms with van der Waals surface area (Å²) in [6, 6.07) is 7.39. The lowest BCUT2D eigenvalue weighted by atomic mass is 9.99. The molecule has 0 spiro atoms. The van der Waals surface area contributed by atoms with Crippen molar-refractivity contribution in [2.24, 2.45) is 0 Å². The number of ether oxygens (including phenoxy) is 2. The van der Waals surface area contributed by atoms with E-state index in [1.807, 2.05) is 0 Å². The molecule has 0 bridgehead atoms. The van der Waals surface area contributed by atoms with E-state index in [4.69, 9.17) is 17.2 Å². The van der Waals surface area contributed by atoms with Crippen LogP contribution in [0.25, 0.3) is 0 Å². The van der Waals surface area contributed by atoms with Crippen molar-refractivity contribution in [2.45, 2.75) is 23.7 Å². The van der Waals surface area contributed by atoms with E-state index in [2.05, 4.69) is 9.47 Å². The van der Waals surface area contributed by atoms with Crippen molar-refractivity contribution in [3.63, 3.8) is 0 Å². The molecule has 6 N–H and O–H groups in total. The monoisotopic (exact) mass is 459 g/mol. The summed E-state index contributed by atoms with van der Waals surface area (Å²) in [7, 11) is 0. The van der Waals surface area contributed by atoms with Crippen LogP contribution in [-0.4, -0.2) is 36.9 Å². The minimum atomic E-state index is -6.52. The van der Waals surface area contributed by atoms with Crippen LogP contribution in [0.3, 0.4) is 0 Å². The standard InChI is InChI=1S/C18H17F8N3O2/c19-15(20,8-30-12-4-1-10(27)2-5-12)17(23,24)18(25,26)16(21,22)9-31-14-6-3-11(28)7-13(14)29/h1-7H,8-9,27-29H2. The molecule has 5 nitrogen and oxygen atoms in total. The third-order valence-electron chi connectivity index (χ3n) is 4.06. The summed E-state index contributed by atoms with van der Waals surface area (Å²) >= 11 is 0. The zero-order valence-electron chi connectivity index (χ0n) is 15.5. The van der Waals surface area contributed by atoms with E-state index in [1.165, 1.54) is 0 Å². The summed E-state index contributed by atoms with van der Waals surface area (Å²) in [5, 5.41) is 0. The quantitative estimate of drug-likeness (QED) is 0.381. The van der Waals surface area contributed by atoms with E-state index in [0.29, 0.717) is 0 Å². The second-order valence-corrected chi connectivity index (χ2v) is 6.50. The molecule has 0 heterocycles. The molecule has 172 valence electrons. The molecular formula is C18H17F8N3O2. The molecule has 0 saturated heterocycles. The van der Waals surface area contributed by atoms with Gasteiger partial charge < -0.3 is 26.7 Å². The number of anilines is 3. The highest BCUT2D eigenvalue weighted by Crippen LogP contribution is 2.52. The van der Waals surface area contributed by atoms with Gasteiger partial charge in [-0.05, 0) is 42.5 Å². The minimum Gasteiger partial charge on any atom is -0.487 e. The number of alkyl halides is 8. The molecule has 31 heavy (non-hydrogen) atoms. The second kappa shape index (κ2) is 8.19. The molecule has 2 rings (SSSR count). The van der Waals surface area contributed by atoms with Gasteiger partial charge in [-0.15, -0.1) is 0 Å². The highest BCUT2D eigenvalue weighted by Gasteiger charge is 2.81. The maximum absolute atomic E-state index is 13.9. The Labute approximate surface area is 170 Å². The Kier molecular flexibility index (Phi) is 6.38. The molecule has 2 aromatic rings. The minimum absolute atomic E-state index is 0.0780. The summed E-state index contributed by atoms with van der Waals surface area (Å²) in [6.45, 7) is -4.67. The number of hydrogen-bond acceptors (Lipinski definition) is 5. The first-order valence-corrected chi connectivity index (χ1v) is 8.38. The van der Waals surface area contributed by atoms with Gasteiger partial charge in [0, 0.05) is 11.4 Å². The summed E-state index contributed by atoms with van der Waals surface area (Å²) in [4.78, 5) is 0. The van der Waals surface area contributed by atoms with Gasteiger partial charge in [0.05, 0.1) is 5.69 Å². The maximum atomic E-state index is 13.9. The molecule has 0 aromatic heterocycles. The summed E-state index contributed by atoms with van der Waals surface area (Å²) in [6.07, 6.45) is 0. The first-order valence-electron chi connectivity index (χ1n) is 8.38. The van der Waals surface area contributed by atoms with Crippen molar-refractivity contribution in [2.75, 3.05) is 30.4 Å². The summed E-state index contributed by atoms with van der Waals surface area (Å²) in [5.41, 5.74) is 16.0. The van der Waals surface area contributed by atoms with Gasteiger partial charge in [-0.1, -0.05) is 0 Å². The summed E-state index contributed by atoms with van der Waals surface area (Å²) < 4.78 is 120. The predicted octanol–water partition coefficient (Wildman–Crippen LogP) is 4.43. The average Bonchev–Trinajstić information content (AvgIpc) is 2.66. The average molecular weight is 459 g/mol. The third-order valence-corrected chi connectivity index (χ3v) is 4.06. The van der Waals surface area contributed by atoms with Crippen LogP contribution in [-0.2, 0) is 0 Å². The van der Waals surface area contributed by atoms with Gasteiger partial charge in [-0.25, -0.2) is 0 Å².